The molecular weight excluding hydrogens is 581 g/mol. The Labute approximate surface area is 257 Å². The van der Waals surface area contributed by atoms with Crippen LogP contribution >= 0.6 is 22.7 Å². The summed E-state index contributed by atoms with van der Waals surface area (Å²) in [5, 5.41) is 8.35. The highest BCUT2D eigenvalue weighted by atomic mass is 32.1. The number of nitrogens with one attached hydrogen (secondary N) is 2. The van der Waals surface area contributed by atoms with Gasteiger partial charge in [-0.3, -0.25) is 4.79 Å². The molecule has 0 bridgehead atoms. The van der Waals surface area contributed by atoms with E-state index in [0.717, 1.165) is 47.0 Å². The number of amides is 1. The topological polar surface area (TPSA) is 137 Å². The zero-order valence-electron chi connectivity index (χ0n) is 23.8. The fourth-order valence-corrected chi connectivity index (χ4v) is 6.40. The Balaban J connectivity index is 0.000000255. The van der Waals surface area contributed by atoms with E-state index in [0.29, 0.717) is 36.8 Å². The summed E-state index contributed by atoms with van der Waals surface area (Å²) >= 11 is 3.35. The first-order chi connectivity index (χ1) is 21.0. The number of nitrogen functional groups attached to an aromatic ring is 1. The predicted molar refractivity (Wildman–Crippen MR) is 176 cm³/mol. The van der Waals surface area contributed by atoms with Gasteiger partial charge in [0.1, 0.15) is 23.1 Å². The first-order valence-corrected chi connectivity index (χ1v) is 15.1. The van der Waals surface area contributed by atoms with Crippen LogP contribution in [0.5, 0.6) is 11.5 Å². The summed E-state index contributed by atoms with van der Waals surface area (Å²) < 4.78 is 12.9. The van der Waals surface area contributed by atoms with Crippen LogP contribution in [0.3, 0.4) is 0 Å². The second kappa shape index (κ2) is 14.1. The van der Waals surface area contributed by atoms with Crippen molar-refractivity contribution in [3.63, 3.8) is 0 Å². The van der Waals surface area contributed by atoms with E-state index in [1.54, 1.807) is 61.4 Å². The number of aromatic nitrogens is 2. The molecule has 11 heteroatoms. The molecule has 0 fully saturated rings. The number of methoxy groups -OCH3 is 2. The van der Waals surface area contributed by atoms with Crippen LogP contribution < -0.4 is 31.6 Å². The van der Waals surface area contributed by atoms with E-state index in [9.17, 15) is 4.79 Å². The molecule has 0 saturated heterocycles. The van der Waals surface area contributed by atoms with E-state index in [4.69, 9.17) is 20.9 Å². The molecule has 0 aliphatic rings. The Hall–Kier alpha value is -4.55. The van der Waals surface area contributed by atoms with Crippen molar-refractivity contribution in [2.45, 2.75) is 19.6 Å². The number of hydrogen-bond acceptors (Lipinski definition) is 10. The molecule has 4 heterocycles. The molecule has 0 atom stereocenters. The lowest BCUT2D eigenvalue weighted by Crippen LogP contribution is -2.13. The average molecular weight is 613 g/mol. The molecule has 6 N–H and O–H groups in total. The molecule has 0 spiro atoms. The molecule has 0 aliphatic heterocycles. The summed E-state index contributed by atoms with van der Waals surface area (Å²) in [5.74, 6) is 2.55. The number of nitrogens with two attached hydrogens (primary N) is 2. The molecular formula is C32H32N6O3S2. The van der Waals surface area contributed by atoms with Gasteiger partial charge in [0.2, 0.25) is 0 Å². The number of hydrogen-bond donors (Lipinski definition) is 4. The van der Waals surface area contributed by atoms with Gasteiger partial charge in [-0.05, 0) is 42.5 Å². The minimum Gasteiger partial charge on any atom is -0.497 e. The molecule has 6 rings (SSSR count). The third-order valence-electron chi connectivity index (χ3n) is 6.60. The summed E-state index contributed by atoms with van der Waals surface area (Å²) in [7, 11) is 3.29. The first kappa shape index (κ1) is 29.9. The SMILES string of the molecule is COc1ccc(CNCc2cc3c(NC(=O)c4ccccc4)nccc3s2)c(OC)c1.NCc1cc2c(N)nccc2s1. The molecule has 6 aromatic rings. The highest BCUT2D eigenvalue weighted by Gasteiger charge is 2.12. The third kappa shape index (κ3) is 7.27. The lowest BCUT2D eigenvalue weighted by molar-refractivity contribution is 0.102. The number of carbonyl (C=O) groups excluding carboxylic acids is 1. The largest absolute Gasteiger partial charge is 0.497 e. The summed E-state index contributed by atoms with van der Waals surface area (Å²) in [4.78, 5) is 23.2. The van der Waals surface area contributed by atoms with Gasteiger partial charge in [0.25, 0.3) is 5.91 Å². The van der Waals surface area contributed by atoms with Crippen molar-refractivity contribution in [1.29, 1.82) is 0 Å². The van der Waals surface area contributed by atoms with Gasteiger partial charge in [0, 0.05) is 79.1 Å². The Morgan fingerprint density at radius 3 is 2.28 bits per heavy atom. The first-order valence-electron chi connectivity index (χ1n) is 13.5. The van der Waals surface area contributed by atoms with Crippen molar-refractivity contribution in [3.8, 4) is 11.5 Å². The van der Waals surface area contributed by atoms with Gasteiger partial charge in [-0.2, -0.15) is 0 Å². The summed E-state index contributed by atoms with van der Waals surface area (Å²) in [6, 6.07) is 22.9. The van der Waals surface area contributed by atoms with E-state index in [1.807, 2.05) is 54.6 Å². The van der Waals surface area contributed by atoms with E-state index in [2.05, 4.69) is 26.7 Å². The average Bonchev–Trinajstić information content (AvgIpc) is 3.67. The molecule has 9 nitrogen and oxygen atoms in total. The molecule has 0 unspecified atom stereocenters. The fraction of sp³-hybridized carbons (Fsp3) is 0.156. The molecule has 0 saturated carbocycles. The fourth-order valence-electron chi connectivity index (χ4n) is 4.43. The van der Waals surface area contributed by atoms with Crippen LogP contribution in [0.2, 0.25) is 0 Å². The second-order valence-electron chi connectivity index (χ2n) is 9.41. The van der Waals surface area contributed by atoms with Gasteiger partial charge in [0.15, 0.2) is 0 Å². The van der Waals surface area contributed by atoms with Crippen molar-refractivity contribution in [2.75, 3.05) is 25.3 Å². The Morgan fingerprint density at radius 2 is 1.56 bits per heavy atom. The monoisotopic (exact) mass is 612 g/mol. The zero-order valence-corrected chi connectivity index (χ0v) is 25.4. The lowest BCUT2D eigenvalue weighted by atomic mass is 10.2. The van der Waals surface area contributed by atoms with Crippen molar-refractivity contribution in [1.82, 2.24) is 15.3 Å². The van der Waals surface area contributed by atoms with Crippen molar-refractivity contribution < 1.29 is 14.3 Å². The van der Waals surface area contributed by atoms with E-state index < -0.39 is 0 Å². The van der Waals surface area contributed by atoms with Crippen LogP contribution in [0.4, 0.5) is 11.6 Å². The van der Waals surface area contributed by atoms with E-state index in [1.165, 1.54) is 0 Å². The number of nitrogens with zero attached hydrogens (tertiary/aromatic N) is 2. The summed E-state index contributed by atoms with van der Waals surface area (Å²) in [5.41, 5.74) is 12.9. The Morgan fingerprint density at radius 1 is 0.837 bits per heavy atom. The molecule has 0 radical (unpaired) electrons. The number of pyridine rings is 2. The molecule has 220 valence electrons. The Kier molecular flexibility index (Phi) is 9.80. The van der Waals surface area contributed by atoms with Crippen molar-refractivity contribution >= 4 is 60.4 Å². The maximum absolute atomic E-state index is 12.5. The van der Waals surface area contributed by atoms with Crippen molar-refractivity contribution in [3.05, 3.63) is 106 Å². The smallest absolute Gasteiger partial charge is 0.256 e. The highest BCUT2D eigenvalue weighted by Crippen LogP contribution is 2.31. The van der Waals surface area contributed by atoms with Crippen LogP contribution in [-0.4, -0.2) is 30.1 Å². The number of fused-ring (bicyclic) bond motifs is 2. The van der Waals surface area contributed by atoms with Crippen LogP contribution in [0.1, 0.15) is 25.7 Å². The van der Waals surface area contributed by atoms with Crippen LogP contribution in [-0.2, 0) is 19.6 Å². The van der Waals surface area contributed by atoms with Gasteiger partial charge >= 0.3 is 0 Å². The maximum Gasteiger partial charge on any atom is 0.256 e. The zero-order chi connectivity index (χ0) is 30.2. The maximum atomic E-state index is 12.5. The molecule has 4 aromatic heterocycles. The minimum atomic E-state index is -0.168. The Bertz CT molecular complexity index is 1840. The second-order valence-corrected chi connectivity index (χ2v) is 11.7. The quantitative estimate of drug-likeness (QED) is 0.152. The number of anilines is 2. The van der Waals surface area contributed by atoms with Crippen LogP contribution in [0, 0.1) is 0 Å². The predicted octanol–water partition coefficient (Wildman–Crippen LogP) is 6.19. The number of benzene rings is 2. The summed E-state index contributed by atoms with van der Waals surface area (Å²) in [6.45, 7) is 1.93. The van der Waals surface area contributed by atoms with Gasteiger partial charge in [-0.25, -0.2) is 9.97 Å². The highest BCUT2D eigenvalue weighted by molar-refractivity contribution is 7.19. The normalized spacial score (nSPS) is 10.8. The van der Waals surface area contributed by atoms with Crippen LogP contribution in [0.25, 0.3) is 20.2 Å². The standard InChI is InChI=1S/C24H23N3O3S.C8H9N3S/c1-29-18-9-8-17(21(12-18)30-2)14-25-15-19-13-20-22(31-19)10-11-26-23(20)27-24(28)16-6-4-3-5-7-16;9-4-5-3-6-7(12-5)1-2-11-8(6)10/h3-13,25H,14-15H2,1-2H3,(H,26,27,28);1-3H,4,9H2,(H2,10,11). The lowest BCUT2D eigenvalue weighted by Gasteiger charge is -2.10. The minimum absolute atomic E-state index is 0.168. The molecule has 2 aromatic carbocycles. The van der Waals surface area contributed by atoms with E-state index in [-0.39, 0.29) is 5.91 Å². The third-order valence-corrected chi connectivity index (χ3v) is 8.82. The van der Waals surface area contributed by atoms with Crippen molar-refractivity contribution in [2.24, 2.45) is 5.73 Å². The molecule has 1 amide bonds. The van der Waals surface area contributed by atoms with Gasteiger partial charge in [-0.15, -0.1) is 22.7 Å². The van der Waals surface area contributed by atoms with Gasteiger partial charge in [0.05, 0.1) is 14.2 Å². The van der Waals surface area contributed by atoms with Gasteiger partial charge < -0.3 is 31.6 Å². The number of ether oxygens (including phenoxy) is 2. The number of thiophene rings is 2. The molecule has 43 heavy (non-hydrogen) atoms. The number of carbonyl (C=O) groups is 1. The van der Waals surface area contributed by atoms with Crippen LogP contribution in [0.15, 0.2) is 85.2 Å². The summed E-state index contributed by atoms with van der Waals surface area (Å²) in [6.07, 6.45) is 3.44. The van der Waals surface area contributed by atoms with Gasteiger partial charge in [-0.1, -0.05) is 24.3 Å². The van der Waals surface area contributed by atoms with E-state index >= 15 is 0 Å². The molecule has 0 aliphatic carbocycles. The number of rotatable bonds is 9.